The second-order valence-corrected chi connectivity index (χ2v) is 9.41. The van der Waals surface area contributed by atoms with Gasteiger partial charge in [-0.2, -0.15) is 0 Å². The number of Topliss-reactive ketones (excluding diaryl/α,β-unsaturated/α-hetero) is 1. The molecule has 3 aromatic carbocycles. The zero-order valence-electron chi connectivity index (χ0n) is 18.3. The maximum absolute atomic E-state index is 13.5. The third-order valence-corrected chi connectivity index (χ3v) is 6.34. The number of amides is 1. The number of ketones is 1. The molecular formula is C27H26N2O3. The minimum absolute atomic E-state index is 0.117. The van der Waals surface area contributed by atoms with E-state index in [2.05, 4.69) is 43.4 Å². The molecule has 1 atom stereocenters. The third-order valence-electron chi connectivity index (χ3n) is 6.34. The van der Waals surface area contributed by atoms with Gasteiger partial charge >= 0.3 is 0 Å². The molecular weight excluding hydrogens is 400 g/mol. The van der Waals surface area contributed by atoms with Crippen molar-refractivity contribution in [2.75, 3.05) is 11.9 Å². The van der Waals surface area contributed by atoms with Crippen LogP contribution in [0.15, 0.2) is 66.2 Å². The average molecular weight is 427 g/mol. The van der Waals surface area contributed by atoms with Crippen molar-refractivity contribution in [2.45, 2.75) is 32.7 Å². The highest BCUT2D eigenvalue weighted by Gasteiger charge is 2.41. The van der Waals surface area contributed by atoms with Gasteiger partial charge in [0.1, 0.15) is 5.75 Å². The summed E-state index contributed by atoms with van der Waals surface area (Å²) in [5.74, 6) is 0.165. The Kier molecular flexibility index (Phi) is 4.77. The number of hydrogen-bond acceptors (Lipinski definition) is 4. The number of fused-ring (bicyclic) bond motifs is 4. The largest absolute Gasteiger partial charge is 0.483 e. The topological polar surface area (TPSA) is 81.4 Å². The van der Waals surface area contributed by atoms with Crippen LogP contribution < -0.4 is 15.8 Å². The summed E-state index contributed by atoms with van der Waals surface area (Å²) in [6.07, 6.45) is 1.31. The van der Waals surface area contributed by atoms with Crippen LogP contribution in [0.4, 0.5) is 5.69 Å². The van der Waals surface area contributed by atoms with E-state index in [9.17, 15) is 9.59 Å². The number of benzene rings is 3. The van der Waals surface area contributed by atoms with Gasteiger partial charge in [-0.25, -0.2) is 0 Å². The monoisotopic (exact) mass is 426 g/mol. The zero-order chi connectivity index (χ0) is 22.5. The third kappa shape index (κ3) is 3.44. The summed E-state index contributed by atoms with van der Waals surface area (Å²) in [5.41, 5.74) is 10.0. The molecule has 0 unspecified atom stereocenters. The summed E-state index contributed by atoms with van der Waals surface area (Å²) in [5, 5.41) is 5.91. The van der Waals surface area contributed by atoms with Crippen molar-refractivity contribution in [3.05, 3.63) is 77.4 Å². The van der Waals surface area contributed by atoms with Crippen LogP contribution in [-0.2, 0) is 9.59 Å². The number of rotatable bonds is 4. The second-order valence-electron chi connectivity index (χ2n) is 9.41. The van der Waals surface area contributed by atoms with Gasteiger partial charge in [0.05, 0.1) is 6.04 Å². The summed E-state index contributed by atoms with van der Waals surface area (Å²) >= 11 is 0. The molecule has 0 spiro atoms. The van der Waals surface area contributed by atoms with Crippen molar-refractivity contribution >= 4 is 33.7 Å². The SMILES string of the molecule is CC1(C)CC(=O)C2=C(C1)c1c(ccc3ccccc13)N[C@H]2c1ccccc1OCC(N)=O. The molecule has 5 rings (SSSR count). The molecule has 5 heteroatoms. The fourth-order valence-corrected chi connectivity index (χ4v) is 5.07. The van der Waals surface area contributed by atoms with E-state index in [0.717, 1.165) is 45.2 Å². The molecule has 0 bridgehead atoms. The zero-order valence-corrected chi connectivity index (χ0v) is 18.3. The first-order valence-electron chi connectivity index (χ1n) is 10.9. The number of anilines is 1. The van der Waals surface area contributed by atoms with Gasteiger partial charge < -0.3 is 15.8 Å². The van der Waals surface area contributed by atoms with E-state index >= 15 is 0 Å². The first kappa shape index (κ1) is 20.3. The van der Waals surface area contributed by atoms with Gasteiger partial charge in [0, 0.05) is 28.8 Å². The Hall–Kier alpha value is -3.60. The van der Waals surface area contributed by atoms with E-state index in [1.807, 2.05) is 36.4 Å². The number of allylic oxidation sites excluding steroid dienone is 1. The van der Waals surface area contributed by atoms with Gasteiger partial charge in [0.2, 0.25) is 0 Å². The molecule has 0 fully saturated rings. The summed E-state index contributed by atoms with van der Waals surface area (Å²) < 4.78 is 5.72. The molecule has 0 radical (unpaired) electrons. The highest BCUT2D eigenvalue weighted by Crippen LogP contribution is 2.52. The summed E-state index contributed by atoms with van der Waals surface area (Å²) in [7, 11) is 0. The van der Waals surface area contributed by atoms with Gasteiger partial charge in [-0.15, -0.1) is 0 Å². The highest BCUT2D eigenvalue weighted by atomic mass is 16.5. The number of nitrogens with one attached hydrogen (secondary N) is 1. The van der Waals surface area contributed by atoms with Gasteiger partial charge in [-0.1, -0.05) is 62.4 Å². The summed E-state index contributed by atoms with van der Waals surface area (Å²) in [4.78, 5) is 24.9. The Morgan fingerprint density at radius 3 is 2.62 bits per heavy atom. The summed E-state index contributed by atoms with van der Waals surface area (Å²) in [6, 6.07) is 19.7. The Labute approximate surface area is 187 Å². The number of nitrogens with two attached hydrogens (primary N) is 1. The van der Waals surface area contributed by atoms with Crippen molar-refractivity contribution in [3.63, 3.8) is 0 Å². The van der Waals surface area contributed by atoms with Crippen LogP contribution in [0.5, 0.6) is 5.75 Å². The number of primary amides is 1. The standard InChI is InChI=1S/C27H26N2O3/c1-27(2)13-19-24-17-8-4-3-7-16(17)11-12-20(24)29-26(25(19)21(30)14-27)18-9-5-6-10-22(18)32-15-23(28)31/h3-12,26,29H,13-15H2,1-2H3,(H2,28,31)/t26-/m0/s1. The first-order valence-corrected chi connectivity index (χ1v) is 10.9. The molecule has 1 heterocycles. The van der Waals surface area contributed by atoms with Crippen molar-refractivity contribution in [1.29, 1.82) is 0 Å². The Bertz CT molecular complexity index is 1290. The molecule has 2 aliphatic rings. The molecule has 162 valence electrons. The van der Waals surface area contributed by atoms with Crippen molar-refractivity contribution in [3.8, 4) is 5.75 Å². The van der Waals surface area contributed by atoms with Gasteiger partial charge in [0.15, 0.2) is 12.4 Å². The van der Waals surface area contributed by atoms with E-state index < -0.39 is 5.91 Å². The van der Waals surface area contributed by atoms with Crippen molar-refractivity contribution in [1.82, 2.24) is 0 Å². The smallest absolute Gasteiger partial charge is 0.255 e. The van der Waals surface area contributed by atoms with Gasteiger partial charge in [0.25, 0.3) is 5.91 Å². The lowest BCUT2D eigenvalue weighted by Crippen LogP contribution is -2.33. The Morgan fingerprint density at radius 2 is 1.81 bits per heavy atom. The molecule has 3 aromatic rings. The minimum Gasteiger partial charge on any atom is -0.483 e. The minimum atomic E-state index is -0.538. The number of para-hydroxylation sites is 1. The average Bonchev–Trinajstić information content (AvgIpc) is 2.76. The Morgan fingerprint density at radius 1 is 1.06 bits per heavy atom. The Balaban J connectivity index is 1.73. The van der Waals surface area contributed by atoms with Crippen LogP contribution in [0, 0.1) is 5.41 Å². The number of carbonyl (C=O) groups excluding carboxylic acids is 2. The van der Waals surface area contributed by atoms with Crippen LogP contribution in [-0.4, -0.2) is 18.3 Å². The maximum atomic E-state index is 13.5. The molecule has 1 aliphatic carbocycles. The van der Waals surface area contributed by atoms with Crippen molar-refractivity contribution in [2.24, 2.45) is 11.1 Å². The summed E-state index contributed by atoms with van der Waals surface area (Å²) in [6.45, 7) is 4.10. The van der Waals surface area contributed by atoms with Gasteiger partial charge in [-0.05, 0) is 40.3 Å². The van der Waals surface area contributed by atoms with E-state index in [1.54, 1.807) is 0 Å². The van der Waals surface area contributed by atoms with Gasteiger partial charge in [-0.3, -0.25) is 9.59 Å². The van der Waals surface area contributed by atoms with E-state index in [1.165, 1.54) is 0 Å². The van der Waals surface area contributed by atoms with Crippen LogP contribution in [0.25, 0.3) is 16.3 Å². The molecule has 5 nitrogen and oxygen atoms in total. The van der Waals surface area contributed by atoms with E-state index in [0.29, 0.717) is 12.2 Å². The fourth-order valence-electron chi connectivity index (χ4n) is 5.07. The lowest BCUT2D eigenvalue weighted by atomic mass is 9.68. The van der Waals surface area contributed by atoms with Crippen LogP contribution >= 0.6 is 0 Å². The van der Waals surface area contributed by atoms with Crippen molar-refractivity contribution < 1.29 is 14.3 Å². The van der Waals surface area contributed by atoms with E-state index in [-0.39, 0.29) is 23.8 Å². The molecule has 0 saturated heterocycles. The lowest BCUT2D eigenvalue weighted by molar-refractivity contribution is -0.120. The quantitative estimate of drug-likeness (QED) is 0.614. The van der Waals surface area contributed by atoms with Crippen LogP contribution in [0.1, 0.15) is 43.9 Å². The molecule has 0 saturated carbocycles. The number of ether oxygens (including phenoxy) is 1. The van der Waals surface area contributed by atoms with Crippen LogP contribution in [0.3, 0.4) is 0 Å². The molecule has 1 aliphatic heterocycles. The normalized spacial score (nSPS) is 19.2. The van der Waals surface area contributed by atoms with Crippen LogP contribution in [0.2, 0.25) is 0 Å². The van der Waals surface area contributed by atoms with E-state index in [4.69, 9.17) is 10.5 Å². The predicted molar refractivity (Wildman–Crippen MR) is 126 cm³/mol. The molecule has 3 N–H and O–H groups in total. The second kappa shape index (κ2) is 7.52. The molecule has 32 heavy (non-hydrogen) atoms. The highest BCUT2D eigenvalue weighted by molar-refractivity contribution is 6.13. The number of hydrogen-bond donors (Lipinski definition) is 2. The maximum Gasteiger partial charge on any atom is 0.255 e. The number of carbonyl (C=O) groups is 2. The molecule has 1 amide bonds. The fraction of sp³-hybridized carbons (Fsp3) is 0.259. The lowest BCUT2D eigenvalue weighted by Gasteiger charge is -2.40. The first-order chi connectivity index (χ1) is 15.3. The molecule has 0 aromatic heterocycles. The predicted octanol–water partition coefficient (Wildman–Crippen LogP) is 5.01.